The van der Waals surface area contributed by atoms with Crippen molar-refractivity contribution in [1.29, 1.82) is 0 Å². The third kappa shape index (κ3) is 2.93. The van der Waals surface area contributed by atoms with Crippen molar-refractivity contribution in [2.45, 2.75) is 13.0 Å². The zero-order chi connectivity index (χ0) is 14.7. The van der Waals surface area contributed by atoms with Crippen molar-refractivity contribution in [3.05, 3.63) is 59.7 Å². The van der Waals surface area contributed by atoms with Crippen molar-refractivity contribution < 1.29 is 14.3 Å². The molecule has 1 amide bonds. The van der Waals surface area contributed by atoms with Gasteiger partial charge in [0.1, 0.15) is 11.6 Å². The number of nitrogens with zero attached hydrogens (tertiary/aromatic N) is 2. The van der Waals surface area contributed by atoms with E-state index in [1.54, 1.807) is 19.2 Å². The second kappa shape index (κ2) is 5.69. The van der Waals surface area contributed by atoms with Crippen LogP contribution in [0.25, 0.3) is 0 Å². The number of halogens is 1. The van der Waals surface area contributed by atoms with Gasteiger partial charge in [0.25, 0.3) is 5.91 Å². The Morgan fingerprint density at radius 3 is 2.55 bits per heavy atom. The molecule has 20 heavy (non-hydrogen) atoms. The Balaban J connectivity index is 2.20. The van der Waals surface area contributed by atoms with Crippen LogP contribution in [0.4, 0.5) is 4.39 Å². The van der Waals surface area contributed by atoms with Crippen molar-refractivity contribution in [1.82, 2.24) is 9.88 Å². The minimum Gasteiger partial charge on any atom is -0.506 e. The van der Waals surface area contributed by atoms with Crippen LogP contribution >= 0.6 is 0 Å². The van der Waals surface area contributed by atoms with Crippen LogP contribution in [0.15, 0.2) is 42.7 Å². The number of hydrogen-bond acceptors (Lipinski definition) is 3. The maximum atomic E-state index is 12.9. The summed E-state index contributed by atoms with van der Waals surface area (Å²) in [5.41, 5.74) is 1.14. The molecule has 0 aliphatic rings. The summed E-state index contributed by atoms with van der Waals surface area (Å²) in [6.07, 6.45) is 2.66. The normalized spacial score (nSPS) is 11.9. The summed E-state index contributed by atoms with van der Waals surface area (Å²) in [5.74, 6) is -0.629. The number of aromatic nitrogens is 1. The highest BCUT2D eigenvalue weighted by atomic mass is 19.1. The van der Waals surface area contributed by atoms with Crippen molar-refractivity contribution in [3.8, 4) is 5.75 Å². The summed E-state index contributed by atoms with van der Waals surface area (Å²) < 4.78 is 12.9. The quantitative estimate of drug-likeness (QED) is 0.936. The zero-order valence-corrected chi connectivity index (χ0v) is 11.2. The fourth-order valence-corrected chi connectivity index (χ4v) is 1.89. The third-order valence-corrected chi connectivity index (χ3v) is 3.22. The first-order valence-corrected chi connectivity index (χ1v) is 6.15. The third-order valence-electron chi connectivity index (χ3n) is 3.22. The number of carbonyl (C=O) groups excluding carboxylic acids is 1. The van der Waals surface area contributed by atoms with E-state index < -0.39 is 0 Å². The van der Waals surface area contributed by atoms with Gasteiger partial charge in [-0.25, -0.2) is 4.39 Å². The van der Waals surface area contributed by atoms with Crippen molar-refractivity contribution >= 4 is 5.91 Å². The summed E-state index contributed by atoms with van der Waals surface area (Å²) in [7, 11) is 1.65. The Morgan fingerprint density at radius 1 is 1.30 bits per heavy atom. The molecule has 1 N–H and O–H groups in total. The highest BCUT2D eigenvalue weighted by Gasteiger charge is 2.19. The number of hydrogen-bond donors (Lipinski definition) is 1. The van der Waals surface area contributed by atoms with Crippen molar-refractivity contribution in [2.75, 3.05) is 7.05 Å². The fourth-order valence-electron chi connectivity index (χ4n) is 1.89. The molecule has 0 radical (unpaired) electrons. The van der Waals surface area contributed by atoms with Gasteiger partial charge < -0.3 is 10.0 Å². The van der Waals surface area contributed by atoms with Gasteiger partial charge in [-0.1, -0.05) is 12.1 Å². The van der Waals surface area contributed by atoms with Crippen LogP contribution in [0.5, 0.6) is 5.75 Å². The average molecular weight is 274 g/mol. The Kier molecular flexibility index (Phi) is 3.98. The molecule has 5 heteroatoms. The largest absolute Gasteiger partial charge is 0.506 e. The van der Waals surface area contributed by atoms with Gasteiger partial charge in [-0.05, 0) is 30.7 Å². The maximum Gasteiger partial charge on any atom is 0.255 e. The summed E-state index contributed by atoms with van der Waals surface area (Å²) in [4.78, 5) is 17.6. The predicted molar refractivity (Wildman–Crippen MR) is 72.8 cm³/mol. The highest BCUT2D eigenvalue weighted by molar-refractivity contribution is 5.94. The summed E-state index contributed by atoms with van der Waals surface area (Å²) in [6, 6.07) is 7.16. The van der Waals surface area contributed by atoms with Gasteiger partial charge in [0.2, 0.25) is 0 Å². The number of amides is 1. The van der Waals surface area contributed by atoms with Crippen LogP contribution in [-0.4, -0.2) is 27.9 Å². The molecule has 1 aromatic carbocycles. The lowest BCUT2D eigenvalue weighted by molar-refractivity contribution is 0.0741. The molecule has 4 nitrogen and oxygen atoms in total. The van der Waals surface area contributed by atoms with E-state index in [1.165, 1.54) is 35.5 Å². The second-order valence-corrected chi connectivity index (χ2v) is 4.58. The molecular formula is C15H15FN2O2. The number of carbonyl (C=O) groups is 1. The van der Waals surface area contributed by atoms with Crippen LogP contribution in [0.1, 0.15) is 28.9 Å². The van der Waals surface area contributed by atoms with Crippen molar-refractivity contribution in [3.63, 3.8) is 0 Å². The topological polar surface area (TPSA) is 53.4 Å². The second-order valence-electron chi connectivity index (χ2n) is 4.58. The van der Waals surface area contributed by atoms with Crippen LogP contribution in [0, 0.1) is 5.82 Å². The molecule has 1 heterocycles. The van der Waals surface area contributed by atoms with E-state index in [1.807, 2.05) is 6.92 Å². The molecular weight excluding hydrogens is 259 g/mol. The van der Waals surface area contributed by atoms with E-state index in [0.717, 1.165) is 5.56 Å². The first kappa shape index (κ1) is 14.0. The molecule has 0 fully saturated rings. The maximum absolute atomic E-state index is 12.9. The van der Waals surface area contributed by atoms with Gasteiger partial charge in [-0.3, -0.25) is 9.78 Å². The number of pyridine rings is 1. The van der Waals surface area contributed by atoms with E-state index in [-0.39, 0.29) is 23.5 Å². The van der Waals surface area contributed by atoms with Crippen LogP contribution in [0.3, 0.4) is 0 Å². The number of rotatable bonds is 3. The monoisotopic (exact) mass is 274 g/mol. The Bertz CT molecular complexity index is 614. The molecule has 1 atom stereocenters. The van der Waals surface area contributed by atoms with E-state index in [0.29, 0.717) is 5.56 Å². The van der Waals surface area contributed by atoms with E-state index >= 15 is 0 Å². The molecule has 1 aromatic heterocycles. The Hall–Kier alpha value is -2.43. The lowest BCUT2D eigenvalue weighted by atomic mass is 10.1. The molecule has 0 aliphatic carbocycles. The fraction of sp³-hybridized carbons (Fsp3) is 0.200. The van der Waals surface area contributed by atoms with E-state index in [9.17, 15) is 14.3 Å². The minimum atomic E-state index is -0.313. The first-order valence-electron chi connectivity index (χ1n) is 6.15. The Morgan fingerprint density at radius 2 is 1.95 bits per heavy atom. The van der Waals surface area contributed by atoms with Gasteiger partial charge in [-0.15, -0.1) is 0 Å². The van der Waals surface area contributed by atoms with Crippen LogP contribution in [0.2, 0.25) is 0 Å². The van der Waals surface area contributed by atoms with Gasteiger partial charge in [-0.2, -0.15) is 0 Å². The van der Waals surface area contributed by atoms with Gasteiger partial charge in [0.05, 0.1) is 17.8 Å². The smallest absolute Gasteiger partial charge is 0.255 e. The molecule has 0 spiro atoms. The lowest BCUT2D eigenvalue weighted by Gasteiger charge is -2.25. The number of benzene rings is 1. The van der Waals surface area contributed by atoms with Gasteiger partial charge in [0, 0.05) is 13.2 Å². The average Bonchev–Trinajstić information content (AvgIpc) is 2.46. The van der Waals surface area contributed by atoms with Crippen LogP contribution in [-0.2, 0) is 0 Å². The van der Waals surface area contributed by atoms with Gasteiger partial charge >= 0.3 is 0 Å². The van der Waals surface area contributed by atoms with Gasteiger partial charge in [0.15, 0.2) is 0 Å². The molecule has 0 aliphatic heterocycles. The van der Waals surface area contributed by atoms with E-state index in [4.69, 9.17) is 0 Å². The van der Waals surface area contributed by atoms with E-state index in [2.05, 4.69) is 4.98 Å². The SMILES string of the molecule is CC(c1ccc(F)cc1)N(C)C(=O)c1cncc(O)c1. The molecule has 0 bridgehead atoms. The minimum absolute atomic E-state index is 0.0568. The van der Waals surface area contributed by atoms with Crippen LogP contribution < -0.4 is 0 Å². The molecule has 2 rings (SSSR count). The molecule has 2 aromatic rings. The summed E-state index contributed by atoms with van der Waals surface area (Å²) in [6.45, 7) is 1.85. The Labute approximate surface area is 116 Å². The number of aromatic hydroxyl groups is 1. The summed E-state index contributed by atoms with van der Waals surface area (Å²) >= 11 is 0. The van der Waals surface area contributed by atoms with Crippen molar-refractivity contribution in [2.24, 2.45) is 0 Å². The summed E-state index contributed by atoms with van der Waals surface area (Å²) in [5, 5.41) is 9.35. The molecule has 104 valence electrons. The molecule has 0 saturated carbocycles. The highest BCUT2D eigenvalue weighted by Crippen LogP contribution is 2.21. The standard InChI is InChI=1S/C15H15FN2O2/c1-10(11-3-5-13(16)6-4-11)18(2)15(20)12-7-14(19)9-17-8-12/h3-10,19H,1-2H3. The molecule has 0 saturated heterocycles. The zero-order valence-electron chi connectivity index (χ0n) is 11.2. The predicted octanol–water partition coefficient (Wildman–Crippen LogP) is 2.76. The first-order chi connectivity index (χ1) is 9.49. The molecule has 1 unspecified atom stereocenters. The lowest BCUT2D eigenvalue weighted by Crippen LogP contribution is -2.29.